The Morgan fingerprint density at radius 2 is 1.70 bits per heavy atom. The van der Waals surface area contributed by atoms with Gasteiger partial charge in [0.15, 0.2) is 0 Å². The number of carbonyl (C=O) groups excluding carboxylic acids is 3. The average molecular weight is 595 g/mol. The number of carbonyl (C=O) groups is 3. The highest BCUT2D eigenvalue weighted by Crippen LogP contribution is 2.29. The highest BCUT2D eigenvalue weighted by atomic mass is 16.2. The fraction of sp³-hybridized carbons (Fsp3) is 0.371. The Kier molecular flexibility index (Phi) is 9.75. The van der Waals surface area contributed by atoms with Gasteiger partial charge in [0, 0.05) is 29.6 Å². The maximum atomic E-state index is 13.6. The summed E-state index contributed by atoms with van der Waals surface area (Å²) in [6.07, 6.45) is 5.38. The lowest BCUT2D eigenvalue weighted by molar-refractivity contribution is -0.130. The number of nitrogens with zero attached hydrogens (tertiary/aromatic N) is 1. The second kappa shape index (κ2) is 13.9. The van der Waals surface area contributed by atoms with Crippen LogP contribution >= 0.6 is 0 Å². The summed E-state index contributed by atoms with van der Waals surface area (Å²) in [5, 5.41) is 8.98. The molecule has 230 valence electrons. The quantitative estimate of drug-likeness (QED) is 0.174. The third-order valence-corrected chi connectivity index (χ3v) is 8.48. The number of hydrogen-bond donors (Lipinski definition) is 5. The highest BCUT2D eigenvalue weighted by molar-refractivity contribution is 5.99. The number of H-pyrrole nitrogens is 1. The van der Waals surface area contributed by atoms with Crippen LogP contribution in [-0.4, -0.2) is 46.3 Å². The van der Waals surface area contributed by atoms with Crippen molar-refractivity contribution in [3.05, 3.63) is 83.7 Å². The molecule has 4 aromatic rings. The minimum atomic E-state index is -0.751. The molecule has 1 heterocycles. The smallest absolute Gasteiger partial charge is 0.251 e. The van der Waals surface area contributed by atoms with Gasteiger partial charge in [0.1, 0.15) is 6.04 Å². The number of aryl methyl sites for hydroxylation is 1. The number of imidazole rings is 1. The molecule has 44 heavy (non-hydrogen) atoms. The average Bonchev–Trinajstić information content (AvgIpc) is 3.49. The van der Waals surface area contributed by atoms with Crippen molar-refractivity contribution in [2.45, 2.75) is 65.0 Å². The molecule has 1 saturated carbocycles. The van der Waals surface area contributed by atoms with Gasteiger partial charge in [-0.3, -0.25) is 14.4 Å². The van der Waals surface area contributed by atoms with E-state index < -0.39 is 6.04 Å². The normalized spacial score (nSPS) is 17.3. The maximum absolute atomic E-state index is 13.6. The van der Waals surface area contributed by atoms with Gasteiger partial charge in [0.2, 0.25) is 11.8 Å². The predicted octanol–water partition coefficient (Wildman–Crippen LogP) is 5.11. The van der Waals surface area contributed by atoms with Gasteiger partial charge in [-0.25, -0.2) is 4.98 Å². The summed E-state index contributed by atoms with van der Waals surface area (Å²) in [7, 11) is 0. The lowest BCUT2D eigenvalue weighted by atomic mass is 9.81. The van der Waals surface area contributed by atoms with Crippen LogP contribution in [0.3, 0.4) is 0 Å². The molecule has 9 heteroatoms. The van der Waals surface area contributed by atoms with Crippen LogP contribution in [0.1, 0.15) is 61.0 Å². The number of anilines is 1. The van der Waals surface area contributed by atoms with Crippen LogP contribution in [0.4, 0.5) is 5.69 Å². The Bertz CT molecular complexity index is 1620. The molecule has 0 bridgehead atoms. The van der Waals surface area contributed by atoms with E-state index in [2.05, 4.69) is 25.9 Å². The van der Waals surface area contributed by atoms with Gasteiger partial charge < -0.3 is 26.7 Å². The summed E-state index contributed by atoms with van der Waals surface area (Å²) in [5.41, 5.74) is 12.7. The summed E-state index contributed by atoms with van der Waals surface area (Å²) < 4.78 is 0. The number of aromatic amines is 1. The fourth-order valence-electron chi connectivity index (χ4n) is 5.93. The number of rotatable bonds is 10. The number of hydrogen-bond acceptors (Lipinski definition) is 5. The van der Waals surface area contributed by atoms with Crippen molar-refractivity contribution in [1.29, 1.82) is 0 Å². The van der Waals surface area contributed by atoms with Crippen LogP contribution in [-0.2, 0) is 16.0 Å². The SMILES string of the molecule is Cc1cc(C(=O)NC(C)C)ccc1-c1ccc(C[C@H](NC(=O)[C@H]2CC[C@H](CN)CC2)C(=O)Nc2ccc3nc[nH]c3c2)cc1. The Morgan fingerprint density at radius 3 is 2.39 bits per heavy atom. The fourth-order valence-corrected chi connectivity index (χ4v) is 5.93. The van der Waals surface area contributed by atoms with E-state index in [-0.39, 0.29) is 29.7 Å². The monoisotopic (exact) mass is 594 g/mol. The summed E-state index contributed by atoms with van der Waals surface area (Å²) in [4.78, 5) is 46.7. The van der Waals surface area contributed by atoms with Crippen molar-refractivity contribution in [2.75, 3.05) is 11.9 Å². The first-order chi connectivity index (χ1) is 21.2. The van der Waals surface area contributed by atoms with E-state index >= 15 is 0 Å². The Hall–Kier alpha value is -4.50. The second-order valence-electron chi connectivity index (χ2n) is 12.2. The molecule has 3 aromatic carbocycles. The Morgan fingerprint density at radius 1 is 0.955 bits per heavy atom. The van der Waals surface area contributed by atoms with Crippen molar-refractivity contribution in [3.8, 4) is 11.1 Å². The van der Waals surface area contributed by atoms with E-state index in [9.17, 15) is 14.4 Å². The number of nitrogens with two attached hydrogens (primary N) is 1. The summed E-state index contributed by atoms with van der Waals surface area (Å²) >= 11 is 0. The topological polar surface area (TPSA) is 142 Å². The Labute approximate surface area is 258 Å². The van der Waals surface area contributed by atoms with E-state index in [0.717, 1.165) is 59.0 Å². The van der Waals surface area contributed by atoms with Crippen molar-refractivity contribution in [1.82, 2.24) is 20.6 Å². The first-order valence-corrected chi connectivity index (χ1v) is 15.5. The summed E-state index contributed by atoms with van der Waals surface area (Å²) in [6.45, 7) is 6.52. The van der Waals surface area contributed by atoms with Gasteiger partial charge in [-0.2, -0.15) is 0 Å². The second-order valence-corrected chi connectivity index (χ2v) is 12.2. The Balaban J connectivity index is 1.31. The van der Waals surface area contributed by atoms with Crippen LogP contribution in [0.25, 0.3) is 22.2 Å². The summed E-state index contributed by atoms with van der Waals surface area (Å²) in [5.74, 6) is -0.105. The maximum Gasteiger partial charge on any atom is 0.251 e. The van der Waals surface area contributed by atoms with E-state index in [0.29, 0.717) is 30.1 Å². The molecule has 5 rings (SSSR count). The van der Waals surface area contributed by atoms with Crippen LogP contribution in [0.5, 0.6) is 0 Å². The molecule has 0 saturated heterocycles. The molecule has 1 aliphatic rings. The zero-order valence-corrected chi connectivity index (χ0v) is 25.7. The van der Waals surface area contributed by atoms with E-state index in [4.69, 9.17) is 5.73 Å². The molecule has 0 aliphatic heterocycles. The molecular formula is C35H42N6O3. The van der Waals surface area contributed by atoms with Gasteiger partial charge >= 0.3 is 0 Å². The van der Waals surface area contributed by atoms with Crippen molar-refractivity contribution in [3.63, 3.8) is 0 Å². The van der Waals surface area contributed by atoms with Gasteiger partial charge in [0.25, 0.3) is 5.91 Å². The molecule has 9 nitrogen and oxygen atoms in total. The standard InChI is InChI=1S/C35H42N6O3/c1-21(2)39-34(43)27-12-14-29(22(3)16-27)25-8-4-23(5-9-25)17-32(41-33(42)26-10-6-24(19-36)7-11-26)35(44)40-28-13-15-30-31(18-28)38-20-37-30/h4-5,8-9,12-16,18,20-21,24,26,32H,6-7,10-11,17,19,36H2,1-3H3,(H,37,38)(H,39,43)(H,40,44)(H,41,42)/t24-,26-,32-/m0/s1. The zero-order chi connectivity index (χ0) is 31.2. The number of benzene rings is 3. The zero-order valence-electron chi connectivity index (χ0n) is 25.7. The van der Waals surface area contributed by atoms with Crippen molar-refractivity contribution in [2.24, 2.45) is 17.6 Å². The third kappa shape index (κ3) is 7.52. The van der Waals surface area contributed by atoms with Gasteiger partial charge in [0.05, 0.1) is 17.4 Å². The summed E-state index contributed by atoms with van der Waals surface area (Å²) in [6, 6.07) is 18.5. The predicted molar refractivity (Wildman–Crippen MR) is 174 cm³/mol. The molecule has 1 aromatic heterocycles. The molecule has 1 fully saturated rings. The van der Waals surface area contributed by atoms with Crippen molar-refractivity contribution < 1.29 is 14.4 Å². The lowest BCUT2D eigenvalue weighted by Crippen LogP contribution is -2.48. The molecule has 1 aliphatic carbocycles. The number of aromatic nitrogens is 2. The number of amides is 3. The third-order valence-electron chi connectivity index (χ3n) is 8.48. The molecular weight excluding hydrogens is 552 g/mol. The largest absolute Gasteiger partial charge is 0.350 e. The highest BCUT2D eigenvalue weighted by Gasteiger charge is 2.29. The van der Waals surface area contributed by atoms with Gasteiger partial charge in [-0.1, -0.05) is 30.3 Å². The number of fused-ring (bicyclic) bond motifs is 1. The lowest BCUT2D eigenvalue weighted by Gasteiger charge is -2.28. The minimum Gasteiger partial charge on any atom is -0.350 e. The molecule has 0 radical (unpaired) electrons. The molecule has 3 amide bonds. The first kappa shape index (κ1) is 30.9. The van der Waals surface area contributed by atoms with E-state index in [1.165, 1.54) is 0 Å². The van der Waals surface area contributed by atoms with E-state index in [1.54, 1.807) is 6.33 Å². The van der Waals surface area contributed by atoms with Crippen molar-refractivity contribution >= 4 is 34.4 Å². The van der Waals surface area contributed by atoms with Gasteiger partial charge in [-0.15, -0.1) is 0 Å². The number of nitrogens with one attached hydrogen (secondary N) is 4. The van der Waals surface area contributed by atoms with Crippen LogP contribution in [0, 0.1) is 18.8 Å². The van der Waals surface area contributed by atoms with Crippen LogP contribution in [0.2, 0.25) is 0 Å². The van der Waals surface area contributed by atoms with Gasteiger partial charge in [-0.05, 0) is 112 Å². The molecule has 0 spiro atoms. The molecule has 6 N–H and O–H groups in total. The minimum absolute atomic E-state index is 0.0666. The van der Waals surface area contributed by atoms with Crippen LogP contribution in [0.15, 0.2) is 67.0 Å². The van der Waals surface area contributed by atoms with E-state index in [1.807, 2.05) is 81.4 Å². The molecule has 0 unspecified atom stereocenters. The molecule has 1 atom stereocenters. The van der Waals surface area contributed by atoms with Crippen LogP contribution < -0.4 is 21.7 Å². The first-order valence-electron chi connectivity index (χ1n) is 15.5.